The fraction of sp³-hybridized carbons (Fsp3) is 0.185. The molecule has 0 atom stereocenters. The number of carbonyl (C=O) groups is 2. The summed E-state index contributed by atoms with van der Waals surface area (Å²) in [7, 11) is 4.68. The van der Waals surface area contributed by atoms with Crippen LogP contribution in [-0.4, -0.2) is 39.5 Å². The first kappa shape index (κ1) is 22.9. The van der Waals surface area contributed by atoms with Gasteiger partial charge in [-0.05, 0) is 67.1 Å². The molecule has 0 fully saturated rings. The van der Waals surface area contributed by atoms with Gasteiger partial charge in [-0.3, -0.25) is 9.59 Å². The van der Waals surface area contributed by atoms with E-state index in [4.69, 9.17) is 23.7 Å². The van der Waals surface area contributed by atoms with Crippen LogP contribution in [0, 0.1) is 6.92 Å². The molecule has 0 N–H and O–H groups in total. The number of Topliss-reactive ketones (excluding diaryl/α,β-unsaturated/α-hetero) is 2. The molecule has 0 bridgehead atoms. The molecule has 3 aromatic rings. The molecule has 0 unspecified atom stereocenters. The van der Waals surface area contributed by atoms with E-state index in [2.05, 4.69) is 0 Å². The number of ether oxygens (including phenoxy) is 5. The first-order chi connectivity index (χ1) is 16.4. The molecule has 4 rings (SSSR count). The van der Waals surface area contributed by atoms with Crippen molar-refractivity contribution >= 4 is 17.6 Å². The smallest absolute Gasteiger partial charge is 0.232 e. The van der Waals surface area contributed by atoms with Crippen molar-refractivity contribution in [2.75, 3.05) is 27.9 Å². The van der Waals surface area contributed by atoms with Crippen molar-refractivity contribution in [2.24, 2.45) is 0 Å². The van der Waals surface area contributed by atoms with E-state index in [1.165, 1.54) is 0 Å². The molecule has 1 aliphatic heterocycles. The Kier molecular flexibility index (Phi) is 6.54. The third-order valence-corrected chi connectivity index (χ3v) is 5.45. The lowest BCUT2D eigenvalue weighted by atomic mass is 10.0. The van der Waals surface area contributed by atoms with Gasteiger partial charge in [0.1, 0.15) is 28.7 Å². The van der Waals surface area contributed by atoms with Crippen LogP contribution in [0.25, 0.3) is 6.08 Å². The van der Waals surface area contributed by atoms with Gasteiger partial charge in [-0.1, -0.05) is 0 Å². The molecule has 7 nitrogen and oxygen atoms in total. The minimum absolute atomic E-state index is 0.151. The summed E-state index contributed by atoms with van der Waals surface area (Å²) in [5.41, 5.74) is 2.32. The molecule has 0 saturated heterocycles. The number of hydrogen-bond acceptors (Lipinski definition) is 7. The van der Waals surface area contributed by atoms with Gasteiger partial charge in [0.05, 0.1) is 26.9 Å². The van der Waals surface area contributed by atoms with E-state index in [9.17, 15) is 9.59 Å². The number of carbonyl (C=O) groups excluding carboxylic acids is 2. The highest BCUT2D eigenvalue weighted by Gasteiger charge is 2.30. The summed E-state index contributed by atoms with van der Waals surface area (Å²) in [5.74, 6) is 2.44. The molecule has 0 saturated carbocycles. The number of fused-ring (bicyclic) bond motifs is 1. The lowest BCUT2D eigenvalue weighted by Crippen LogP contribution is -2.11. The predicted octanol–water partition coefficient (Wildman–Crippen LogP) is 4.90. The minimum atomic E-state index is -0.238. The third-order valence-electron chi connectivity index (χ3n) is 5.45. The van der Waals surface area contributed by atoms with Crippen molar-refractivity contribution < 1.29 is 33.3 Å². The molecule has 0 aliphatic carbocycles. The lowest BCUT2D eigenvalue weighted by Gasteiger charge is -2.09. The average Bonchev–Trinajstić information content (AvgIpc) is 3.17. The highest BCUT2D eigenvalue weighted by Crippen LogP contribution is 2.38. The monoisotopic (exact) mass is 460 g/mol. The number of methoxy groups -OCH3 is 3. The summed E-state index contributed by atoms with van der Waals surface area (Å²) in [6.45, 7) is 1.65. The Bertz CT molecular complexity index is 1270. The van der Waals surface area contributed by atoms with Crippen molar-refractivity contribution in [3.05, 3.63) is 82.6 Å². The fourth-order valence-electron chi connectivity index (χ4n) is 3.66. The Hall–Kier alpha value is -4.26. The minimum Gasteiger partial charge on any atom is -0.497 e. The first-order valence-electron chi connectivity index (χ1n) is 10.5. The largest absolute Gasteiger partial charge is 0.497 e. The predicted molar refractivity (Wildman–Crippen MR) is 126 cm³/mol. The van der Waals surface area contributed by atoms with Gasteiger partial charge in [0.25, 0.3) is 0 Å². The van der Waals surface area contributed by atoms with Crippen LogP contribution in [0.1, 0.15) is 31.8 Å². The maximum absolute atomic E-state index is 13.0. The van der Waals surface area contributed by atoms with Gasteiger partial charge in [-0.2, -0.15) is 0 Å². The molecular weight excluding hydrogens is 436 g/mol. The Morgan fingerprint density at radius 3 is 2.26 bits per heavy atom. The molecule has 0 aromatic heterocycles. The molecule has 1 aliphatic rings. The van der Waals surface area contributed by atoms with E-state index in [0.29, 0.717) is 51.0 Å². The zero-order valence-corrected chi connectivity index (χ0v) is 19.3. The summed E-state index contributed by atoms with van der Waals surface area (Å²) in [6.07, 6.45) is 1.62. The quantitative estimate of drug-likeness (QED) is 0.349. The van der Waals surface area contributed by atoms with Gasteiger partial charge in [0, 0.05) is 17.2 Å². The molecule has 0 radical (unpaired) electrons. The van der Waals surface area contributed by atoms with Crippen molar-refractivity contribution in [3.63, 3.8) is 0 Å². The second kappa shape index (κ2) is 9.70. The topological polar surface area (TPSA) is 80.3 Å². The van der Waals surface area contributed by atoms with E-state index < -0.39 is 0 Å². The zero-order chi connectivity index (χ0) is 24.2. The maximum Gasteiger partial charge on any atom is 0.232 e. The number of benzene rings is 3. The number of allylic oxidation sites excluding steroid dienone is 1. The molecule has 174 valence electrons. The van der Waals surface area contributed by atoms with Gasteiger partial charge in [0.2, 0.25) is 5.78 Å². The van der Waals surface area contributed by atoms with Crippen LogP contribution in [0.4, 0.5) is 0 Å². The molecule has 34 heavy (non-hydrogen) atoms. The van der Waals surface area contributed by atoms with Crippen LogP contribution in [0.15, 0.2) is 60.4 Å². The summed E-state index contributed by atoms with van der Waals surface area (Å²) in [6, 6.07) is 15.4. The van der Waals surface area contributed by atoms with Gasteiger partial charge >= 0.3 is 0 Å². The van der Waals surface area contributed by atoms with E-state index in [1.807, 2.05) is 0 Å². The van der Waals surface area contributed by atoms with Crippen molar-refractivity contribution in [1.29, 1.82) is 0 Å². The van der Waals surface area contributed by atoms with E-state index in [1.54, 1.807) is 88.9 Å². The van der Waals surface area contributed by atoms with Crippen LogP contribution in [0.2, 0.25) is 0 Å². The number of ketones is 2. The highest BCUT2D eigenvalue weighted by molar-refractivity contribution is 6.15. The Morgan fingerprint density at radius 1 is 0.882 bits per heavy atom. The molecular formula is C27H24O7. The second-order valence-electron chi connectivity index (χ2n) is 7.60. The fourth-order valence-corrected chi connectivity index (χ4v) is 3.66. The van der Waals surface area contributed by atoms with E-state index in [-0.39, 0.29) is 23.9 Å². The Balaban J connectivity index is 1.53. The van der Waals surface area contributed by atoms with Gasteiger partial charge in [-0.15, -0.1) is 0 Å². The van der Waals surface area contributed by atoms with Gasteiger partial charge < -0.3 is 23.7 Å². The second-order valence-corrected chi connectivity index (χ2v) is 7.60. The average molecular weight is 460 g/mol. The first-order valence-corrected chi connectivity index (χ1v) is 10.5. The van der Waals surface area contributed by atoms with E-state index in [0.717, 1.165) is 0 Å². The van der Waals surface area contributed by atoms with Gasteiger partial charge in [0.15, 0.2) is 18.1 Å². The highest BCUT2D eigenvalue weighted by atomic mass is 16.5. The Labute approximate surface area is 197 Å². The molecule has 0 amide bonds. The molecule has 0 spiro atoms. The lowest BCUT2D eigenvalue weighted by molar-refractivity contribution is 0.0920. The number of hydrogen-bond donors (Lipinski definition) is 0. The molecule has 1 heterocycles. The maximum atomic E-state index is 13.0. The zero-order valence-electron chi connectivity index (χ0n) is 19.3. The third kappa shape index (κ3) is 4.59. The van der Waals surface area contributed by atoms with Crippen molar-refractivity contribution in [3.8, 4) is 28.7 Å². The summed E-state index contributed by atoms with van der Waals surface area (Å²) < 4.78 is 27.4. The van der Waals surface area contributed by atoms with E-state index >= 15 is 0 Å². The summed E-state index contributed by atoms with van der Waals surface area (Å²) in [5, 5.41) is 0. The SMILES string of the molecule is COc1ccc(C(=O)COc2cc(C)c3c(c2)O/C(=C\c2cc(OC)ccc2OC)C3=O)cc1. The van der Waals surface area contributed by atoms with Crippen molar-refractivity contribution in [2.45, 2.75) is 6.92 Å². The van der Waals surface area contributed by atoms with Crippen LogP contribution in [-0.2, 0) is 0 Å². The number of aryl methyl sites for hydroxylation is 1. The van der Waals surface area contributed by atoms with Crippen LogP contribution >= 0.6 is 0 Å². The summed E-state index contributed by atoms with van der Waals surface area (Å²) >= 11 is 0. The normalized spacial score (nSPS) is 13.3. The van der Waals surface area contributed by atoms with Crippen molar-refractivity contribution in [1.82, 2.24) is 0 Å². The molecule has 7 heteroatoms. The Morgan fingerprint density at radius 2 is 1.59 bits per heavy atom. The standard InChI is InChI=1S/C27H24O7/c1-16-11-21(33-15-22(28)17-5-7-19(30-2)8-6-17)14-24-26(16)27(29)25(34-24)13-18-12-20(31-3)9-10-23(18)32-4/h5-14H,15H2,1-4H3/b25-13-. The van der Waals surface area contributed by atoms with Gasteiger partial charge in [-0.25, -0.2) is 0 Å². The van der Waals surface area contributed by atoms with Crippen LogP contribution in [0.3, 0.4) is 0 Å². The number of rotatable bonds is 8. The van der Waals surface area contributed by atoms with Crippen LogP contribution in [0.5, 0.6) is 28.7 Å². The summed E-state index contributed by atoms with van der Waals surface area (Å²) in [4.78, 5) is 25.5. The van der Waals surface area contributed by atoms with Crippen LogP contribution < -0.4 is 23.7 Å². The molecule has 3 aromatic carbocycles.